The molecule has 0 saturated carbocycles. The molecule has 0 unspecified atom stereocenters. The minimum absolute atomic E-state index is 0.854. The Kier molecular flexibility index (Phi) is 8.49. The van der Waals surface area contributed by atoms with Gasteiger partial charge in [-0.05, 0) is 0 Å². The third-order valence-corrected chi connectivity index (χ3v) is 0. The quantitative estimate of drug-likeness (QED) is 0.304. The Morgan fingerprint density at radius 2 is 1.43 bits per heavy atom. The minimum atomic E-state index is -3.64. The molecule has 0 rings (SSSR count). The van der Waals surface area contributed by atoms with Crippen LogP contribution in [0.25, 0.3) is 0 Å². The normalized spacial score (nSPS) is 9.43. The van der Waals surface area contributed by atoms with Crippen molar-refractivity contribution in [2.75, 3.05) is 0 Å². The molecule has 0 aliphatic rings. The van der Waals surface area contributed by atoms with Crippen molar-refractivity contribution in [3.05, 3.63) is 0 Å². The molecule has 0 aromatic heterocycles. The van der Waals surface area contributed by atoms with Crippen molar-refractivity contribution < 1.29 is 34.9 Å². The van der Waals surface area contributed by atoms with Gasteiger partial charge in [-0.1, -0.05) is 0 Å². The van der Waals surface area contributed by atoms with E-state index in [4.69, 9.17) is 14.0 Å². The van der Waals surface area contributed by atoms with Gasteiger partial charge in [0.2, 0.25) is 0 Å². The van der Waals surface area contributed by atoms with E-state index < -0.39 is 6.02 Å². The van der Waals surface area contributed by atoms with Gasteiger partial charge in [-0.25, -0.2) is 0 Å². The second kappa shape index (κ2) is 5.37. The molecule has 0 amide bonds. The van der Waals surface area contributed by atoms with Gasteiger partial charge in [0, 0.05) is 0 Å². The van der Waals surface area contributed by atoms with E-state index in [1.54, 1.807) is 0 Å². The summed E-state index contributed by atoms with van der Waals surface area (Å²) < 4.78 is 16.1. The summed E-state index contributed by atoms with van der Waals surface area (Å²) in [4.78, 5) is 15.3. The summed E-state index contributed by atoms with van der Waals surface area (Å²) in [6.45, 7) is 0. The maximum absolute atomic E-state index is 9.33. The Morgan fingerprint density at radius 1 is 1.43 bits per heavy atom. The van der Waals surface area contributed by atoms with Crippen LogP contribution in [0.3, 0.4) is 0 Å². The van der Waals surface area contributed by atoms with Crippen molar-refractivity contribution in [2.24, 2.45) is 0 Å². The molecule has 0 fully saturated rings. The van der Waals surface area contributed by atoms with E-state index in [0.29, 0.717) is 0 Å². The van der Waals surface area contributed by atoms with Crippen molar-refractivity contribution in [1.82, 2.24) is 0 Å². The van der Waals surface area contributed by atoms with E-state index in [1.807, 2.05) is 0 Å². The van der Waals surface area contributed by atoms with Gasteiger partial charge in [0.15, 0.2) is 0 Å². The third-order valence-electron chi connectivity index (χ3n) is 0. The first kappa shape index (κ1) is 11.1. The van der Waals surface area contributed by atoms with Crippen LogP contribution in [-0.4, -0.2) is 31.2 Å². The van der Waals surface area contributed by atoms with E-state index >= 15 is 0 Å². The Balaban J connectivity index is 0. The molecular formula is H3FeLiO4P. The molecule has 4 nitrogen and oxygen atoms in total. The Morgan fingerprint density at radius 3 is 1.43 bits per heavy atom. The first-order valence-corrected chi connectivity index (χ1v) is 3.74. The fraction of sp³-hybridized carbons (Fsp3) is 0. The van der Waals surface area contributed by atoms with E-state index in [9.17, 15) is 4.57 Å². The van der Waals surface area contributed by atoms with Gasteiger partial charge in [-0.3, -0.25) is 0 Å². The molecule has 0 aromatic rings. The predicted molar refractivity (Wildman–Crippen MR) is 20.0 cm³/mol. The topological polar surface area (TPSA) is 77.8 Å². The zero-order valence-electron chi connectivity index (χ0n) is 3.55. The van der Waals surface area contributed by atoms with E-state index in [-0.39, 0.29) is 0 Å². The van der Waals surface area contributed by atoms with Crippen molar-refractivity contribution >= 4 is 23.3 Å². The zero-order chi connectivity index (χ0) is 6.50. The summed E-state index contributed by atoms with van der Waals surface area (Å²) in [5.41, 5.74) is 0. The van der Waals surface area contributed by atoms with E-state index in [2.05, 4.69) is 16.3 Å². The van der Waals surface area contributed by atoms with Gasteiger partial charge in [-0.15, -0.1) is 0 Å². The molecule has 41 valence electrons. The van der Waals surface area contributed by atoms with Crippen LogP contribution in [0.4, 0.5) is 0 Å². The Bertz CT molecular complexity index is 57.8. The molecule has 0 saturated heterocycles. The first-order chi connectivity index (χ1) is 3.00. The van der Waals surface area contributed by atoms with Crippen molar-refractivity contribution in [3.8, 4) is 0 Å². The summed E-state index contributed by atoms with van der Waals surface area (Å²) in [5.74, 6) is 0. The maximum atomic E-state index is 9.33. The van der Waals surface area contributed by atoms with E-state index in [0.717, 1.165) is 17.2 Å². The molecule has 7 heavy (non-hydrogen) atoms. The molecule has 7 heteroatoms. The van der Waals surface area contributed by atoms with Crippen LogP contribution in [-0.2, 0) is 20.9 Å². The predicted octanol–water partition coefficient (Wildman–Crippen LogP) is -1.31. The summed E-state index contributed by atoms with van der Waals surface area (Å²) >= 11 is 3.10. The van der Waals surface area contributed by atoms with Crippen molar-refractivity contribution in [1.29, 1.82) is 0 Å². The molecule has 0 aliphatic heterocycles. The van der Waals surface area contributed by atoms with Crippen LogP contribution in [0.15, 0.2) is 0 Å². The van der Waals surface area contributed by atoms with Crippen LogP contribution in [0.1, 0.15) is 0 Å². The standard InChI is InChI=1S/Fe.Li.HO3P.H2O/c;;1-4(2)3;/h;;(H-,1,2,3);1H2/q+1;-1;;. The first-order valence-electron chi connectivity index (χ1n) is 1.19. The molecule has 3 N–H and O–H groups in total. The SMILES string of the molecule is [Li][P](=O)(O)O.[OH][Fe]. The number of hydrogen-bond donors (Lipinski definition) is 3. The average Bonchev–Trinajstić information content (AvgIpc) is 1.36. The van der Waals surface area contributed by atoms with Crippen LogP contribution in [0.2, 0.25) is 0 Å². The van der Waals surface area contributed by atoms with Crippen LogP contribution in [0, 0.1) is 0 Å². The zero-order valence-corrected chi connectivity index (χ0v) is 5.55. The molecule has 0 spiro atoms. The van der Waals surface area contributed by atoms with E-state index in [1.165, 1.54) is 0 Å². The molecule has 0 bridgehead atoms. The fourth-order valence-corrected chi connectivity index (χ4v) is 0. The summed E-state index contributed by atoms with van der Waals surface area (Å²) in [7, 11) is 0. The van der Waals surface area contributed by atoms with Crippen molar-refractivity contribution in [3.63, 3.8) is 0 Å². The molecular weight excluding hydrogens is 158 g/mol. The Hall–Kier alpha value is 1.23. The summed E-state index contributed by atoms with van der Waals surface area (Å²) in [5, 5.41) is 0. The monoisotopic (exact) mass is 161 g/mol. The fourth-order valence-electron chi connectivity index (χ4n) is 0. The molecule has 0 atom stereocenters. The summed E-state index contributed by atoms with van der Waals surface area (Å²) in [6.07, 6.45) is 0. The van der Waals surface area contributed by atoms with Gasteiger partial charge in [-0.2, -0.15) is 0 Å². The second-order valence-electron chi connectivity index (χ2n) is 0.835. The third kappa shape index (κ3) is 131. The van der Waals surface area contributed by atoms with Gasteiger partial charge in [0.05, 0.1) is 0 Å². The average molecular weight is 161 g/mol. The van der Waals surface area contributed by atoms with Crippen LogP contribution in [0.5, 0.6) is 0 Å². The van der Waals surface area contributed by atoms with Gasteiger partial charge in [0.25, 0.3) is 0 Å². The van der Waals surface area contributed by atoms with Crippen LogP contribution >= 0.6 is 6.02 Å². The Labute approximate surface area is 58.3 Å². The molecule has 0 heterocycles. The van der Waals surface area contributed by atoms with Crippen molar-refractivity contribution in [2.45, 2.75) is 0 Å². The second-order valence-corrected chi connectivity index (χ2v) is 2.51. The van der Waals surface area contributed by atoms with Gasteiger partial charge in [0.1, 0.15) is 0 Å². The summed E-state index contributed by atoms with van der Waals surface area (Å²) in [6, 6.07) is -3.64. The number of rotatable bonds is 0. The molecule has 0 aromatic carbocycles. The number of hydrogen-bond acceptors (Lipinski definition) is 2. The molecule has 0 aliphatic carbocycles. The molecule has 0 radical (unpaired) electrons. The van der Waals surface area contributed by atoms with Crippen LogP contribution < -0.4 is 0 Å². The van der Waals surface area contributed by atoms with Gasteiger partial charge >= 0.3 is 58.1 Å². The van der Waals surface area contributed by atoms with Gasteiger partial charge < -0.3 is 0 Å².